The second kappa shape index (κ2) is 9.19. The van der Waals surface area contributed by atoms with Crippen LogP contribution in [0, 0.1) is 6.92 Å². The van der Waals surface area contributed by atoms with Crippen LogP contribution in [0.3, 0.4) is 0 Å². The predicted octanol–water partition coefficient (Wildman–Crippen LogP) is -1.08. The van der Waals surface area contributed by atoms with Crippen molar-refractivity contribution in [2.45, 2.75) is 17.9 Å². The van der Waals surface area contributed by atoms with E-state index in [1.807, 2.05) is 6.92 Å². The third-order valence-corrected chi connectivity index (χ3v) is 4.97. The lowest BCUT2D eigenvalue weighted by molar-refractivity contribution is 0.133. The Morgan fingerprint density at radius 3 is 2.36 bits per heavy atom. The van der Waals surface area contributed by atoms with E-state index in [-0.39, 0.29) is 37.7 Å². The molecule has 1 unspecified atom stereocenters. The van der Waals surface area contributed by atoms with Gasteiger partial charge < -0.3 is 20.6 Å². The van der Waals surface area contributed by atoms with Gasteiger partial charge in [-0.25, -0.2) is 8.42 Å². The standard InChI is InChI=1S/C14H24N2O5S/c1-12-2-4-14(5-3-12)22(20,21)16(7-9-18)11-13(19)10-15-6-8-17/h2-5,13,15,17-19H,6-11H2,1H3. The molecule has 1 aromatic carbocycles. The Kier molecular flexibility index (Phi) is 7.94. The molecule has 7 nitrogen and oxygen atoms in total. The molecule has 0 radical (unpaired) electrons. The Morgan fingerprint density at radius 2 is 1.82 bits per heavy atom. The molecule has 1 aromatic rings. The third kappa shape index (κ3) is 5.64. The number of benzene rings is 1. The van der Waals surface area contributed by atoms with Gasteiger partial charge in [-0.3, -0.25) is 0 Å². The molecule has 0 aliphatic carbocycles. The van der Waals surface area contributed by atoms with Crippen molar-refractivity contribution in [2.75, 3.05) is 39.4 Å². The van der Waals surface area contributed by atoms with E-state index in [4.69, 9.17) is 10.2 Å². The fourth-order valence-corrected chi connectivity index (χ4v) is 3.40. The van der Waals surface area contributed by atoms with Crippen LogP contribution < -0.4 is 5.32 Å². The lowest BCUT2D eigenvalue weighted by atomic mass is 10.2. The number of aryl methyl sites for hydroxylation is 1. The van der Waals surface area contributed by atoms with Crippen LogP contribution in [0.4, 0.5) is 0 Å². The summed E-state index contributed by atoms with van der Waals surface area (Å²) in [5.41, 5.74) is 0.945. The molecule has 0 aliphatic rings. The van der Waals surface area contributed by atoms with E-state index >= 15 is 0 Å². The Labute approximate surface area is 131 Å². The van der Waals surface area contributed by atoms with E-state index < -0.39 is 16.1 Å². The van der Waals surface area contributed by atoms with Crippen molar-refractivity contribution in [1.29, 1.82) is 0 Å². The zero-order valence-corrected chi connectivity index (χ0v) is 13.5. The molecule has 0 aliphatic heterocycles. The molecule has 0 aromatic heterocycles. The van der Waals surface area contributed by atoms with Gasteiger partial charge in [-0.15, -0.1) is 0 Å². The lowest BCUT2D eigenvalue weighted by Gasteiger charge is -2.24. The van der Waals surface area contributed by atoms with Crippen molar-refractivity contribution in [3.8, 4) is 0 Å². The summed E-state index contributed by atoms with van der Waals surface area (Å²) in [6, 6.07) is 6.41. The maximum Gasteiger partial charge on any atom is 0.243 e. The topological polar surface area (TPSA) is 110 Å². The predicted molar refractivity (Wildman–Crippen MR) is 83.0 cm³/mol. The normalized spacial score (nSPS) is 13.5. The van der Waals surface area contributed by atoms with E-state index in [2.05, 4.69) is 5.32 Å². The largest absolute Gasteiger partial charge is 0.395 e. The van der Waals surface area contributed by atoms with Gasteiger partial charge in [-0.1, -0.05) is 17.7 Å². The van der Waals surface area contributed by atoms with Gasteiger partial charge in [0.1, 0.15) is 0 Å². The highest BCUT2D eigenvalue weighted by atomic mass is 32.2. The van der Waals surface area contributed by atoms with Crippen molar-refractivity contribution in [3.63, 3.8) is 0 Å². The second-order valence-electron chi connectivity index (χ2n) is 4.98. The molecule has 0 fully saturated rings. The van der Waals surface area contributed by atoms with E-state index in [1.165, 1.54) is 12.1 Å². The smallest absolute Gasteiger partial charge is 0.243 e. The summed E-state index contributed by atoms with van der Waals surface area (Å²) >= 11 is 0. The number of aliphatic hydroxyl groups is 3. The summed E-state index contributed by atoms with van der Waals surface area (Å²) in [5, 5.41) is 30.4. The molecule has 0 spiro atoms. The van der Waals surface area contributed by atoms with Gasteiger partial charge in [0.05, 0.1) is 24.2 Å². The van der Waals surface area contributed by atoms with Crippen molar-refractivity contribution < 1.29 is 23.7 Å². The SMILES string of the molecule is Cc1ccc(S(=O)(=O)N(CCO)CC(O)CNCCO)cc1. The van der Waals surface area contributed by atoms with Gasteiger partial charge >= 0.3 is 0 Å². The Morgan fingerprint density at radius 1 is 1.18 bits per heavy atom. The monoisotopic (exact) mass is 332 g/mol. The highest BCUT2D eigenvalue weighted by Crippen LogP contribution is 2.16. The van der Waals surface area contributed by atoms with Gasteiger partial charge in [0.2, 0.25) is 10.0 Å². The molecule has 0 bridgehead atoms. The maximum atomic E-state index is 12.5. The number of aliphatic hydroxyl groups excluding tert-OH is 3. The van der Waals surface area contributed by atoms with E-state index in [0.29, 0.717) is 6.54 Å². The molecule has 0 saturated heterocycles. The van der Waals surface area contributed by atoms with Crippen LogP contribution in [0.2, 0.25) is 0 Å². The average Bonchev–Trinajstić information content (AvgIpc) is 2.47. The summed E-state index contributed by atoms with van der Waals surface area (Å²) in [5.74, 6) is 0. The Bertz CT molecular complexity index is 533. The zero-order valence-electron chi connectivity index (χ0n) is 12.6. The molecule has 1 atom stereocenters. The number of sulfonamides is 1. The van der Waals surface area contributed by atoms with Gasteiger partial charge in [-0.05, 0) is 19.1 Å². The first-order chi connectivity index (χ1) is 10.4. The number of rotatable bonds is 10. The molecule has 0 saturated carbocycles. The molecule has 126 valence electrons. The first-order valence-electron chi connectivity index (χ1n) is 7.09. The van der Waals surface area contributed by atoms with Crippen LogP contribution in [-0.4, -0.2) is 73.5 Å². The van der Waals surface area contributed by atoms with Crippen LogP contribution >= 0.6 is 0 Å². The second-order valence-corrected chi connectivity index (χ2v) is 6.92. The summed E-state index contributed by atoms with van der Waals surface area (Å²) < 4.78 is 26.1. The molecule has 4 N–H and O–H groups in total. The van der Waals surface area contributed by atoms with Crippen LogP contribution in [0.15, 0.2) is 29.2 Å². The first kappa shape index (κ1) is 19.0. The molecule has 8 heteroatoms. The molecular formula is C14H24N2O5S. The van der Waals surface area contributed by atoms with E-state index in [1.54, 1.807) is 12.1 Å². The van der Waals surface area contributed by atoms with Crippen molar-refractivity contribution in [2.24, 2.45) is 0 Å². The third-order valence-electron chi connectivity index (χ3n) is 3.09. The number of nitrogens with zero attached hydrogens (tertiary/aromatic N) is 1. The average molecular weight is 332 g/mol. The molecule has 22 heavy (non-hydrogen) atoms. The fourth-order valence-electron chi connectivity index (χ4n) is 1.93. The Balaban J connectivity index is 2.82. The maximum absolute atomic E-state index is 12.5. The van der Waals surface area contributed by atoms with Crippen molar-refractivity contribution in [1.82, 2.24) is 9.62 Å². The van der Waals surface area contributed by atoms with E-state index in [9.17, 15) is 13.5 Å². The summed E-state index contributed by atoms with van der Waals surface area (Å²) in [4.78, 5) is 0.127. The minimum Gasteiger partial charge on any atom is -0.395 e. The summed E-state index contributed by atoms with van der Waals surface area (Å²) in [7, 11) is -3.77. The van der Waals surface area contributed by atoms with Gasteiger partial charge in [-0.2, -0.15) is 4.31 Å². The minimum absolute atomic E-state index is 0.0608. The van der Waals surface area contributed by atoms with Crippen LogP contribution in [0.1, 0.15) is 5.56 Å². The molecule has 0 amide bonds. The fraction of sp³-hybridized carbons (Fsp3) is 0.571. The van der Waals surface area contributed by atoms with Crippen molar-refractivity contribution in [3.05, 3.63) is 29.8 Å². The highest BCUT2D eigenvalue weighted by molar-refractivity contribution is 7.89. The molecular weight excluding hydrogens is 308 g/mol. The van der Waals surface area contributed by atoms with Crippen LogP contribution in [0.5, 0.6) is 0 Å². The van der Waals surface area contributed by atoms with Crippen molar-refractivity contribution >= 4 is 10.0 Å². The van der Waals surface area contributed by atoms with Gasteiger partial charge in [0, 0.05) is 26.2 Å². The van der Waals surface area contributed by atoms with Crippen LogP contribution in [-0.2, 0) is 10.0 Å². The Hall–Kier alpha value is -1.03. The van der Waals surface area contributed by atoms with E-state index in [0.717, 1.165) is 9.87 Å². The number of hydrogen-bond donors (Lipinski definition) is 4. The molecule has 1 rings (SSSR count). The van der Waals surface area contributed by atoms with Gasteiger partial charge in [0.15, 0.2) is 0 Å². The lowest BCUT2D eigenvalue weighted by Crippen LogP contribution is -2.43. The number of hydrogen-bond acceptors (Lipinski definition) is 6. The highest BCUT2D eigenvalue weighted by Gasteiger charge is 2.26. The first-order valence-corrected chi connectivity index (χ1v) is 8.53. The number of nitrogens with one attached hydrogen (secondary N) is 1. The summed E-state index contributed by atoms with van der Waals surface area (Å²) in [6.45, 7) is 1.73. The minimum atomic E-state index is -3.77. The molecule has 0 heterocycles. The van der Waals surface area contributed by atoms with Gasteiger partial charge in [0.25, 0.3) is 0 Å². The summed E-state index contributed by atoms with van der Waals surface area (Å²) in [6.07, 6.45) is -0.932. The quantitative estimate of drug-likeness (QED) is 0.406. The zero-order chi connectivity index (χ0) is 16.6. The van der Waals surface area contributed by atoms with Crippen LogP contribution in [0.25, 0.3) is 0 Å².